The van der Waals surface area contributed by atoms with Crippen LogP contribution in [0.15, 0.2) is 36.4 Å². The Labute approximate surface area is 115 Å². The van der Waals surface area contributed by atoms with Crippen molar-refractivity contribution in [3.63, 3.8) is 0 Å². The van der Waals surface area contributed by atoms with Crippen molar-refractivity contribution in [2.45, 2.75) is 13.2 Å². The largest absolute Gasteiger partial charge is 0.497 e. The predicted molar refractivity (Wildman–Crippen MR) is 69.6 cm³/mol. The first-order valence-electron chi connectivity index (χ1n) is 5.99. The lowest BCUT2D eigenvalue weighted by atomic mass is 10.2. The van der Waals surface area contributed by atoms with Gasteiger partial charge in [-0.3, -0.25) is 0 Å². The number of methoxy groups -OCH3 is 1. The molecular formula is C15H14F2O3. The number of hydrogen-bond donors (Lipinski definition) is 1. The van der Waals surface area contributed by atoms with E-state index in [0.717, 1.165) is 6.07 Å². The average Bonchev–Trinajstić information content (AvgIpc) is 2.48. The van der Waals surface area contributed by atoms with Gasteiger partial charge in [0.25, 0.3) is 0 Å². The van der Waals surface area contributed by atoms with Crippen LogP contribution in [-0.2, 0) is 13.2 Å². The molecule has 1 N–H and O–H groups in total. The van der Waals surface area contributed by atoms with E-state index in [-0.39, 0.29) is 18.8 Å². The highest BCUT2D eigenvalue weighted by atomic mass is 19.2. The second kappa shape index (κ2) is 6.34. The van der Waals surface area contributed by atoms with Gasteiger partial charge in [-0.05, 0) is 24.3 Å². The lowest BCUT2D eigenvalue weighted by Crippen LogP contribution is -2.02. The number of aliphatic hydroxyl groups excluding tert-OH is 1. The molecule has 2 aromatic carbocycles. The average molecular weight is 280 g/mol. The molecule has 0 atom stereocenters. The smallest absolute Gasteiger partial charge is 0.165 e. The van der Waals surface area contributed by atoms with Gasteiger partial charge in [0.2, 0.25) is 0 Å². The minimum absolute atomic E-state index is 0.115. The summed E-state index contributed by atoms with van der Waals surface area (Å²) in [5.74, 6) is -0.856. The van der Waals surface area contributed by atoms with E-state index in [1.54, 1.807) is 18.2 Å². The SMILES string of the molecule is COc1ccc(OCc2cccc(F)c2F)c(CO)c1. The maximum absolute atomic E-state index is 13.5. The summed E-state index contributed by atoms with van der Waals surface area (Å²) < 4.78 is 37.0. The maximum atomic E-state index is 13.5. The zero-order valence-electron chi connectivity index (χ0n) is 10.9. The van der Waals surface area contributed by atoms with E-state index >= 15 is 0 Å². The molecule has 0 heterocycles. The van der Waals surface area contributed by atoms with Crippen molar-refractivity contribution in [1.29, 1.82) is 0 Å². The molecule has 0 aliphatic heterocycles. The van der Waals surface area contributed by atoms with E-state index in [1.165, 1.54) is 19.2 Å². The summed E-state index contributed by atoms with van der Waals surface area (Å²) in [7, 11) is 1.51. The number of hydrogen-bond acceptors (Lipinski definition) is 3. The Morgan fingerprint density at radius 2 is 1.90 bits per heavy atom. The fourth-order valence-corrected chi connectivity index (χ4v) is 1.76. The summed E-state index contributed by atoms with van der Waals surface area (Å²) >= 11 is 0. The molecule has 0 spiro atoms. The van der Waals surface area contributed by atoms with E-state index in [9.17, 15) is 13.9 Å². The summed E-state index contributed by atoms with van der Waals surface area (Å²) in [4.78, 5) is 0. The van der Waals surface area contributed by atoms with Crippen LogP contribution in [0.2, 0.25) is 0 Å². The third kappa shape index (κ3) is 3.05. The molecule has 0 aliphatic carbocycles. The molecule has 0 amide bonds. The third-order valence-electron chi connectivity index (χ3n) is 2.85. The minimum Gasteiger partial charge on any atom is -0.497 e. The van der Waals surface area contributed by atoms with Gasteiger partial charge >= 0.3 is 0 Å². The van der Waals surface area contributed by atoms with Crippen LogP contribution in [0.1, 0.15) is 11.1 Å². The lowest BCUT2D eigenvalue weighted by molar-refractivity contribution is 0.255. The molecule has 3 nitrogen and oxygen atoms in total. The second-order valence-electron chi connectivity index (χ2n) is 4.13. The predicted octanol–water partition coefficient (Wildman–Crippen LogP) is 3.04. The van der Waals surface area contributed by atoms with Crippen LogP contribution in [-0.4, -0.2) is 12.2 Å². The summed E-state index contributed by atoms with van der Waals surface area (Å²) in [5.41, 5.74) is 0.630. The molecular weight excluding hydrogens is 266 g/mol. The van der Waals surface area contributed by atoms with Crippen molar-refractivity contribution in [3.8, 4) is 11.5 Å². The monoisotopic (exact) mass is 280 g/mol. The second-order valence-corrected chi connectivity index (χ2v) is 4.13. The highest BCUT2D eigenvalue weighted by Gasteiger charge is 2.10. The number of aliphatic hydroxyl groups is 1. The van der Waals surface area contributed by atoms with E-state index in [0.29, 0.717) is 17.1 Å². The Balaban J connectivity index is 2.16. The molecule has 0 bridgehead atoms. The summed E-state index contributed by atoms with van der Waals surface area (Å²) in [6, 6.07) is 8.80. The van der Waals surface area contributed by atoms with Gasteiger partial charge in [0.05, 0.1) is 13.7 Å². The van der Waals surface area contributed by atoms with Crippen LogP contribution in [0.3, 0.4) is 0 Å². The van der Waals surface area contributed by atoms with Crippen molar-refractivity contribution in [3.05, 3.63) is 59.2 Å². The van der Waals surface area contributed by atoms with Crippen LogP contribution in [0.4, 0.5) is 8.78 Å². The molecule has 0 radical (unpaired) electrons. The normalized spacial score (nSPS) is 10.4. The van der Waals surface area contributed by atoms with Gasteiger partial charge < -0.3 is 14.6 Å². The Kier molecular flexibility index (Phi) is 4.53. The van der Waals surface area contributed by atoms with Gasteiger partial charge in [0, 0.05) is 11.1 Å². The van der Waals surface area contributed by atoms with Gasteiger partial charge in [0.1, 0.15) is 18.1 Å². The molecule has 0 saturated carbocycles. The Hall–Kier alpha value is -2.14. The highest BCUT2D eigenvalue weighted by Crippen LogP contribution is 2.25. The fraction of sp³-hybridized carbons (Fsp3) is 0.200. The van der Waals surface area contributed by atoms with E-state index < -0.39 is 11.6 Å². The Morgan fingerprint density at radius 3 is 2.60 bits per heavy atom. The molecule has 0 aromatic heterocycles. The van der Waals surface area contributed by atoms with Gasteiger partial charge in [0.15, 0.2) is 11.6 Å². The van der Waals surface area contributed by atoms with E-state index in [4.69, 9.17) is 9.47 Å². The van der Waals surface area contributed by atoms with Crippen LogP contribution in [0.5, 0.6) is 11.5 Å². The Bertz CT molecular complexity index is 600. The van der Waals surface area contributed by atoms with Gasteiger partial charge in [-0.25, -0.2) is 8.78 Å². The Morgan fingerprint density at radius 1 is 1.10 bits per heavy atom. The standard InChI is InChI=1S/C15H14F2O3/c1-19-12-5-6-14(11(7-12)8-18)20-9-10-3-2-4-13(16)15(10)17/h2-7,18H,8-9H2,1H3. The lowest BCUT2D eigenvalue weighted by Gasteiger charge is -2.12. The van der Waals surface area contributed by atoms with Crippen LogP contribution >= 0.6 is 0 Å². The van der Waals surface area contributed by atoms with Crippen molar-refractivity contribution in [2.24, 2.45) is 0 Å². The number of ether oxygens (including phenoxy) is 2. The quantitative estimate of drug-likeness (QED) is 0.915. The van der Waals surface area contributed by atoms with Gasteiger partial charge in [-0.2, -0.15) is 0 Å². The number of benzene rings is 2. The molecule has 106 valence electrons. The van der Waals surface area contributed by atoms with Crippen LogP contribution in [0.25, 0.3) is 0 Å². The highest BCUT2D eigenvalue weighted by molar-refractivity contribution is 5.40. The zero-order valence-corrected chi connectivity index (χ0v) is 10.9. The first-order chi connectivity index (χ1) is 9.65. The van der Waals surface area contributed by atoms with Crippen molar-refractivity contribution >= 4 is 0 Å². The maximum Gasteiger partial charge on any atom is 0.165 e. The fourth-order valence-electron chi connectivity index (χ4n) is 1.76. The third-order valence-corrected chi connectivity index (χ3v) is 2.85. The first kappa shape index (κ1) is 14.3. The van der Waals surface area contributed by atoms with Crippen molar-refractivity contribution in [1.82, 2.24) is 0 Å². The van der Waals surface area contributed by atoms with Crippen molar-refractivity contribution < 1.29 is 23.4 Å². The number of rotatable bonds is 5. The summed E-state index contributed by atoms with van der Waals surface area (Å²) in [5, 5.41) is 9.26. The van der Waals surface area contributed by atoms with Crippen molar-refractivity contribution in [2.75, 3.05) is 7.11 Å². The number of halogens is 2. The summed E-state index contributed by atoms with van der Waals surface area (Å²) in [6.45, 7) is -0.360. The molecule has 5 heteroatoms. The van der Waals surface area contributed by atoms with E-state index in [2.05, 4.69) is 0 Å². The topological polar surface area (TPSA) is 38.7 Å². The molecule has 0 aliphatic rings. The van der Waals surface area contributed by atoms with Gasteiger partial charge in [-0.1, -0.05) is 12.1 Å². The molecule has 20 heavy (non-hydrogen) atoms. The minimum atomic E-state index is -0.924. The van der Waals surface area contributed by atoms with Crippen LogP contribution in [0, 0.1) is 11.6 Å². The zero-order chi connectivity index (χ0) is 14.5. The molecule has 0 unspecified atom stereocenters. The van der Waals surface area contributed by atoms with Crippen LogP contribution < -0.4 is 9.47 Å². The molecule has 0 fully saturated rings. The molecule has 2 rings (SSSR count). The van der Waals surface area contributed by atoms with Gasteiger partial charge in [-0.15, -0.1) is 0 Å². The molecule has 0 saturated heterocycles. The molecule has 2 aromatic rings. The first-order valence-corrected chi connectivity index (χ1v) is 5.99. The van der Waals surface area contributed by atoms with E-state index in [1.807, 2.05) is 0 Å². The summed E-state index contributed by atoms with van der Waals surface area (Å²) in [6.07, 6.45) is 0.